The number of rotatable bonds is 4. The maximum Gasteiger partial charge on any atom is 0.264 e. The van der Waals surface area contributed by atoms with Gasteiger partial charge in [0.2, 0.25) is 0 Å². The molecule has 2 heterocycles. The van der Waals surface area contributed by atoms with Gasteiger partial charge in [-0.1, -0.05) is 78.9 Å². The number of carbonyl (C=O) groups is 1. The van der Waals surface area contributed by atoms with Crippen molar-refractivity contribution in [2.24, 2.45) is 0 Å². The van der Waals surface area contributed by atoms with Crippen LogP contribution in [0.4, 0.5) is 0 Å². The van der Waals surface area contributed by atoms with Crippen LogP contribution in [0.3, 0.4) is 0 Å². The SMILES string of the molecule is O=C(c1cc2ccccc2s1)N1CC[NH+](C(c2ccccc2)c2ccccc2)CC1. The highest BCUT2D eigenvalue weighted by Crippen LogP contribution is 2.26. The Morgan fingerprint density at radius 1 is 0.800 bits per heavy atom. The maximum atomic E-state index is 13.1. The molecular weight excluding hydrogens is 388 g/mol. The third-order valence-electron chi connectivity index (χ3n) is 6.00. The lowest BCUT2D eigenvalue weighted by Gasteiger charge is -2.37. The van der Waals surface area contributed by atoms with Crippen molar-refractivity contribution in [2.75, 3.05) is 26.2 Å². The third kappa shape index (κ3) is 3.76. The molecule has 30 heavy (non-hydrogen) atoms. The highest BCUT2D eigenvalue weighted by Gasteiger charge is 2.32. The molecule has 0 atom stereocenters. The van der Waals surface area contributed by atoms with Crippen LogP contribution in [0.25, 0.3) is 10.1 Å². The molecule has 1 aliphatic rings. The molecule has 4 aromatic rings. The quantitative estimate of drug-likeness (QED) is 0.537. The van der Waals surface area contributed by atoms with Gasteiger partial charge in [-0.25, -0.2) is 0 Å². The molecule has 150 valence electrons. The van der Waals surface area contributed by atoms with E-state index in [4.69, 9.17) is 0 Å². The number of benzene rings is 3. The summed E-state index contributed by atoms with van der Waals surface area (Å²) in [6.07, 6.45) is 0. The molecule has 1 saturated heterocycles. The summed E-state index contributed by atoms with van der Waals surface area (Å²) in [5, 5.41) is 1.16. The van der Waals surface area contributed by atoms with Crippen LogP contribution in [0.15, 0.2) is 91.0 Å². The molecule has 1 N–H and O–H groups in total. The van der Waals surface area contributed by atoms with E-state index in [-0.39, 0.29) is 5.91 Å². The van der Waals surface area contributed by atoms with Crippen molar-refractivity contribution < 1.29 is 9.69 Å². The lowest BCUT2D eigenvalue weighted by molar-refractivity contribution is -0.929. The second kappa shape index (κ2) is 8.42. The van der Waals surface area contributed by atoms with Crippen molar-refractivity contribution in [3.63, 3.8) is 0 Å². The molecule has 3 nitrogen and oxygen atoms in total. The van der Waals surface area contributed by atoms with E-state index in [1.165, 1.54) is 20.7 Å². The summed E-state index contributed by atoms with van der Waals surface area (Å²) in [7, 11) is 0. The number of nitrogens with one attached hydrogen (secondary N) is 1. The molecule has 5 rings (SSSR count). The molecule has 0 radical (unpaired) electrons. The number of thiophene rings is 1. The second-order valence-electron chi connectivity index (χ2n) is 7.85. The van der Waals surface area contributed by atoms with E-state index in [1.54, 1.807) is 11.3 Å². The first-order chi connectivity index (χ1) is 14.8. The Labute approximate surface area is 181 Å². The summed E-state index contributed by atoms with van der Waals surface area (Å²) in [4.78, 5) is 17.5. The summed E-state index contributed by atoms with van der Waals surface area (Å²) in [5.41, 5.74) is 2.67. The van der Waals surface area contributed by atoms with Crippen LogP contribution in [-0.2, 0) is 0 Å². The molecule has 0 unspecified atom stereocenters. The third-order valence-corrected chi connectivity index (χ3v) is 7.11. The summed E-state index contributed by atoms with van der Waals surface area (Å²) in [6.45, 7) is 3.48. The van der Waals surface area contributed by atoms with Crippen molar-refractivity contribution in [1.82, 2.24) is 4.90 Å². The number of hydrogen-bond donors (Lipinski definition) is 1. The molecule has 1 aliphatic heterocycles. The lowest BCUT2D eigenvalue weighted by atomic mass is 9.96. The normalized spacial score (nSPS) is 15.0. The van der Waals surface area contributed by atoms with Gasteiger partial charge in [0.25, 0.3) is 5.91 Å². The predicted octanol–water partition coefficient (Wildman–Crippen LogP) is 4.03. The van der Waals surface area contributed by atoms with E-state index in [0.29, 0.717) is 6.04 Å². The number of piperazine rings is 1. The minimum Gasteiger partial charge on any atom is -0.327 e. The van der Waals surface area contributed by atoms with Gasteiger partial charge in [0, 0.05) is 15.8 Å². The van der Waals surface area contributed by atoms with Crippen LogP contribution in [0.2, 0.25) is 0 Å². The van der Waals surface area contributed by atoms with Gasteiger partial charge in [0.05, 0.1) is 31.1 Å². The van der Waals surface area contributed by atoms with Crippen LogP contribution in [0.1, 0.15) is 26.8 Å². The monoisotopic (exact) mass is 413 g/mol. The van der Waals surface area contributed by atoms with Crippen molar-refractivity contribution in [2.45, 2.75) is 6.04 Å². The lowest BCUT2D eigenvalue weighted by Crippen LogP contribution is -3.15. The van der Waals surface area contributed by atoms with E-state index in [1.807, 2.05) is 23.1 Å². The molecule has 0 aliphatic carbocycles. The topological polar surface area (TPSA) is 24.8 Å². The average Bonchev–Trinajstić information content (AvgIpc) is 3.25. The molecule has 4 heteroatoms. The van der Waals surface area contributed by atoms with E-state index >= 15 is 0 Å². The van der Waals surface area contributed by atoms with Gasteiger partial charge in [-0.15, -0.1) is 11.3 Å². The molecule has 1 aromatic heterocycles. The zero-order valence-corrected chi connectivity index (χ0v) is 17.6. The standard InChI is InChI=1S/C26H24N2OS/c29-26(24-19-22-13-7-8-14-23(22)30-24)28-17-15-27(16-18-28)25(20-9-3-1-4-10-20)21-11-5-2-6-12-21/h1-14,19,25H,15-18H2/p+1. The largest absolute Gasteiger partial charge is 0.327 e. The fourth-order valence-corrected chi connectivity index (χ4v) is 5.51. The van der Waals surface area contributed by atoms with Crippen molar-refractivity contribution >= 4 is 27.3 Å². The molecule has 0 spiro atoms. The average molecular weight is 414 g/mol. The van der Waals surface area contributed by atoms with Crippen molar-refractivity contribution in [3.05, 3.63) is 107 Å². The first kappa shape index (κ1) is 19.0. The molecular formula is C26H25N2OS+. The maximum absolute atomic E-state index is 13.1. The van der Waals surface area contributed by atoms with Crippen LogP contribution < -0.4 is 4.90 Å². The number of amides is 1. The van der Waals surface area contributed by atoms with E-state index in [9.17, 15) is 4.79 Å². The van der Waals surface area contributed by atoms with Gasteiger partial charge in [-0.2, -0.15) is 0 Å². The molecule has 0 bridgehead atoms. The predicted molar refractivity (Wildman–Crippen MR) is 123 cm³/mol. The van der Waals surface area contributed by atoms with Gasteiger partial charge in [-0.05, 0) is 17.5 Å². The number of fused-ring (bicyclic) bond motifs is 1. The van der Waals surface area contributed by atoms with E-state index in [2.05, 4.69) is 72.8 Å². The number of carbonyl (C=O) groups excluding carboxylic acids is 1. The second-order valence-corrected chi connectivity index (χ2v) is 8.94. The van der Waals surface area contributed by atoms with Crippen LogP contribution in [0.5, 0.6) is 0 Å². The first-order valence-corrected chi connectivity index (χ1v) is 11.3. The Hall–Kier alpha value is -2.95. The Morgan fingerprint density at radius 2 is 1.37 bits per heavy atom. The molecule has 0 saturated carbocycles. The summed E-state index contributed by atoms with van der Waals surface area (Å²) in [6, 6.07) is 32.1. The van der Waals surface area contributed by atoms with Crippen LogP contribution in [0, 0.1) is 0 Å². The van der Waals surface area contributed by atoms with E-state index in [0.717, 1.165) is 36.4 Å². The Balaban J connectivity index is 1.34. The van der Waals surface area contributed by atoms with Crippen molar-refractivity contribution in [3.8, 4) is 0 Å². The van der Waals surface area contributed by atoms with Crippen molar-refractivity contribution in [1.29, 1.82) is 0 Å². The molecule has 3 aromatic carbocycles. The number of quaternary nitrogens is 1. The van der Waals surface area contributed by atoms with Gasteiger partial charge < -0.3 is 9.80 Å². The van der Waals surface area contributed by atoms with Crippen LogP contribution in [-0.4, -0.2) is 37.0 Å². The highest BCUT2D eigenvalue weighted by atomic mass is 32.1. The molecule has 1 fully saturated rings. The van der Waals surface area contributed by atoms with Gasteiger partial charge in [0.15, 0.2) is 0 Å². The summed E-state index contributed by atoms with van der Waals surface area (Å²) in [5.74, 6) is 0.172. The highest BCUT2D eigenvalue weighted by molar-refractivity contribution is 7.20. The number of hydrogen-bond acceptors (Lipinski definition) is 2. The summed E-state index contributed by atoms with van der Waals surface area (Å²) < 4.78 is 1.18. The van der Waals surface area contributed by atoms with Crippen LogP contribution >= 0.6 is 11.3 Å². The Bertz CT molecular complexity index is 1060. The van der Waals surface area contributed by atoms with Gasteiger partial charge in [-0.3, -0.25) is 4.79 Å². The zero-order valence-electron chi connectivity index (χ0n) is 16.8. The first-order valence-electron chi connectivity index (χ1n) is 10.5. The fourth-order valence-electron chi connectivity index (χ4n) is 4.48. The fraction of sp³-hybridized carbons (Fsp3) is 0.192. The van der Waals surface area contributed by atoms with Gasteiger partial charge >= 0.3 is 0 Å². The zero-order chi connectivity index (χ0) is 20.3. The Morgan fingerprint density at radius 3 is 1.97 bits per heavy atom. The van der Waals surface area contributed by atoms with E-state index < -0.39 is 0 Å². The Kier molecular flexibility index (Phi) is 5.35. The minimum atomic E-state index is 0.172. The smallest absolute Gasteiger partial charge is 0.264 e. The minimum absolute atomic E-state index is 0.172. The van der Waals surface area contributed by atoms with Gasteiger partial charge in [0.1, 0.15) is 6.04 Å². The number of nitrogens with zero attached hydrogens (tertiary/aromatic N) is 1. The summed E-state index contributed by atoms with van der Waals surface area (Å²) >= 11 is 1.60. The molecule has 1 amide bonds.